The van der Waals surface area contributed by atoms with Crippen LogP contribution in [0.1, 0.15) is 12.1 Å². The first-order valence-electron chi connectivity index (χ1n) is 6.64. The van der Waals surface area contributed by atoms with E-state index in [9.17, 15) is 4.79 Å². The van der Waals surface area contributed by atoms with E-state index in [-0.39, 0.29) is 5.92 Å². The molecule has 1 saturated heterocycles. The van der Waals surface area contributed by atoms with Crippen LogP contribution in [0.3, 0.4) is 0 Å². The van der Waals surface area contributed by atoms with Crippen molar-refractivity contribution in [3.05, 3.63) is 42.2 Å². The molecule has 0 bridgehead atoms. The van der Waals surface area contributed by atoms with E-state index < -0.39 is 5.97 Å². The Kier molecular flexibility index (Phi) is 3.47. The summed E-state index contributed by atoms with van der Waals surface area (Å²) in [5.74, 6) is -0.959. The number of aromatic nitrogens is 3. The average molecular weight is 272 g/mol. The van der Waals surface area contributed by atoms with Gasteiger partial charge in [-0.05, 0) is 25.1 Å². The summed E-state index contributed by atoms with van der Waals surface area (Å²) in [5, 5.41) is 17.2. The Morgan fingerprint density at radius 3 is 2.85 bits per heavy atom. The van der Waals surface area contributed by atoms with Crippen molar-refractivity contribution in [3.63, 3.8) is 0 Å². The number of hydrogen-bond donors (Lipinski definition) is 1. The van der Waals surface area contributed by atoms with Crippen LogP contribution in [0.15, 0.2) is 36.5 Å². The molecule has 20 heavy (non-hydrogen) atoms. The number of hydrogen-bond acceptors (Lipinski definition) is 4. The van der Waals surface area contributed by atoms with Crippen molar-refractivity contribution in [2.45, 2.75) is 13.0 Å². The number of rotatable bonds is 4. The van der Waals surface area contributed by atoms with Crippen LogP contribution in [-0.2, 0) is 11.3 Å². The van der Waals surface area contributed by atoms with Crippen molar-refractivity contribution in [2.75, 3.05) is 13.1 Å². The van der Waals surface area contributed by atoms with Crippen LogP contribution in [0.5, 0.6) is 0 Å². The minimum atomic E-state index is -0.708. The quantitative estimate of drug-likeness (QED) is 0.904. The second-order valence-corrected chi connectivity index (χ2v) is 5.05. The summed E-state index contributed by atoms with van der Waals surface area (Å²) in [7, 11) is 0. The van der Waals surface area contributed by atoms with Gasteiger partial charge in [-0.1, -0.05) is 23.4 Å². The number of carbonyl (C=O) groups is 1. The first-order valence-corrected chi connectivity index (χ1v) is 6.64. The third-order valence-corrected chi connectivity index (χ3v) is 3.57. The Morgan fingerprint density at radius 2 is 2.15 bits per heavy atom. The standard InChI is InChI=1S/C14H16N4O2/c19-14(20)11-6-7-17(8-11)9-12-10-18(16-15-12)13-4-2-1-3-5-13/h1-5,10-11H,6-9H2,(H,19,20). The van der Waals surface area contributed by atoms with E-state index in [1.54, 1.807) is 4.68 Å². The second kappa shape index (κ2) is 5.42. The molecule has 0 radical (unpaired) electrons. The normalized spacial score (nSPS) is 19.3. The lowest BCUT2D eigenvalue weighted by molar-refractivity contribution is -0.141. The van der Waals surface area contributed by atoms with E-state index >= 15 is 0 Å². The van der Waals surface area contributed by atoms with E-state index in [1.807, 2.05) is 36.5 Å². The van der Waals surface area contributed by atoms with Gasteiger partial charge in [0, 0.05) is 13.1 Å². The number of carboxylic acids is 1. The smallest absolute Gasteiger partial charge is 0.307 e. The average Bonchev–Trinajstić information content (AvgIpc) is 3.10. The minimum absolute atomic E-state index is 0.251. The van der Waals surface area contributed by atoms with E-state index in [4.69, 9.17) is 5.11 Å². The molecule has 1 atom stereocenters. The van der Waals surface area contributed by atoms with Gasteiger partial charge in [0.2, 0.25) is 0 Å². The predicted octanol–water partition coefficient (Wildman–Crippen LogP) is 1.17. The summed E-state index contributed by atoms with van der Waals surface area (Å²) in [4.78, 5) is 13.0. The van der Waals surface area contributed by atoms with Crippen LogP contribution >= 0.6 is 0 Å². The van der Waals surface area contributed by atoms with Crippen molar-refractivity contribution in [1.82, 2.24) is 19.9 Å². The molecule has 104 valence electrons. The molecule has 1 aliphatic heterocycles. The maximum Gasteiger partial charge on any atom is 0.307 e. The lowest BCUT2D eigenvalue weighted by Crippen LogP contribution is -2.22. The zero-order chi connectivity index (χ0) is 13.9. The molecule has 1 fully saturated rings. The third kappa shape index (κ3) is 2.70. The Hall–Kier alpha value is -2.21. The molecular weight excluding hydrogens is 256 g/mol. The number of benzene rings is 1. The molecule has 0 spiro atoms. The lowest BCUT2D eigenvalue weighted by atomic mass is 10.1. The van der Waals surface area contributed by atoms with Gasteiger partial charge in [0.25, 0.3) is 0 Å². The topological polar surface area (TPSA) is 71.2 Å². The molecule has 1 aromatic carbocycles. The van der Waals surface area contributed by atoms with Gasteiger partial charge in [-0.15, -0.1) is 5.10 Å². The van der Waals surface area contributed by atoms with Crippen molar-refractivity contribution in [2.24, 2.45) is 5.92 Å². The number of likely N-dealkylation sites (tertiary alicyclic amines) is 1. The molecule has 0 amide bonds. The van der Waals surface area contributed by atoms with Gasteiger partial charge >= 0.3 is 5.97 Å². The molecule has 6 heteroatoms. The highest BCUT2D eigenvalue weighted by atomic mass is 16.4. The van der Waals surface area contributed by atoms with Gasteiger partial charge in [-0.3, -0.25) is 9.69 Å². The van der Waals surface area contributed by atoms with E-state index in [0.29, 0.717) is 19.5 Å². The molecule has 0 aliphatic carbocycles. The lowest BCUT2D eigenvalue weighted by Gasteiger charge is -2.12. The fraction of sp³-hybridized carbons (Fsp3) is 0.357. The molecule has 1 N–H and O–H groups in total. The first-order chi connectivity index (χ1) is 9.72. The summed E-state index contributed by atoms with van der Waals surface area (Å²) in [6.07, 6.45) is 2.60. The summed E-state index contributed by atoms with van der Waals surface area (Å²) in [6.45, 7) is 2.04. The van der Waals surface area contributed by atoms with E-state index in [1.165, 1.54) is 0 Å². The van der Waals surface area contributed by atoms with Gasteiger partial charge in [0.1, 0.15) is 0 Å². The molecule has 2 heterocycles. The molecule has 2 aromatic rings. The third-order valence-electron chi connectivity index (χ3n) is 3.57. The summed E-state index contributed by atoms with van der Waals surface area (Å²) < 4.78 is 1.74. The largest absolute Gasteiger partial charge is 0.481 e. The summed E-state index contributed by atoms with van der Waals surface area (Å²) >= 11 is 0. The SMILES string of the molecule is O=C(O)C1CCN(Cc2cn(-c3ccccc3)nn2)C1. The fourth-order valence-electron chi connectivity index (χ4n) is 2.48. The first kappa shape index (κ1) is 12.8. The summed E-state index contributed by atoms with van der Waals surface area (Å²) in [5.41, 5.74) is 1.83. The number of nitrogens with zero attached hydrogens (tertiary/aromatic N) is 4. The maximum absolute atomic E-state index is 10.9. The molecular formula is C14H16N4O2. The highest BCUT2D eigenvalue weighted by Crippen LogP contribution is 2.18. The van der Waals surface area contributed by atoms with Gasteiger partial charge in [0.15, 0.2) is 0 Å². The Balaban J connectivity index is 1.65. The molecule has 3 rings (SSSR count). The summed E-state index contributed by atoms with van der Waals surface area (Å²) in [6, 6.07) is 9.80. The fourth-order valence-corrected chi connectivity index (χ4v) is 2.48. The van der Waals surface area contributed by atoms with Crippen molar-refractivity contribution in [1.29, 1.82) is 0 Å². The minimum Gasteiger partial charge on any atom is -0.481 e. The molecule has 1 aromatic heterocycles. The van der Waals surface area contributed by atoms with Crippen LogP contribution in [-0.4, -0.2) is 44.1 Å². The Bertz CT molecular complexity index is 596. The van der Waals surface area contributed by atoms with Gasteiger partial charge < -0.3 is 5.11 Å². The second-order valence-electron chi connectivity index (χ2n) is 5.05. The zero-order valence-electron chi connectivity index (χ0n) is 11.0. The Labute approximate surface area is 116 Å². The Morgan fingerprint density at radius 1 is 1.35 bits per heavy atom. The van der Waals surface area contributed by atoms with Crippen LogP contribution in [0, 0.1) is 5.92 Å². The molecule has 0 saturated carbocycles. The van der Waals surface area contributed by atoms with E-state index in [0.717, 1.165) is 17.9 Å². The maximum atomic E-state index is 10.9. The van der Waals surface area contributed by atoms with Gasteiger partial charge in [-0.25, -0.2) is 4.68 Å². The molecule has 1 unspecified atom stereocenters. The molecule has 6 nitrogen and oxygen atoms in total. The van der Waals surface area contributed by atoms with Crippen molar-refractivity contribution in [3.8, 4) is 5.69 Å². The van der Waals surface area contributed by atoms with Crippen molar-refractivity contribution >= 4 is 5.97 Å². The predicted molar refractivity (Wildman–Crippen MR) is 72.4 cm³/mol. The van der Waals surface area contributed by atoms with Crippen LogP contribution < -0.4 is 0 Å². The van der Waals surface area contributed by atoms with Gasteiger partial charge in [0.05, 0.1) is 23.5 Å². The number of para-hydroxylation sites is 1. The highest BCUT2D eigenvalue weighted by Gasteiger charge is 2.28. The van der Waals surface area contributed by atoms with Gasteiger partial charge in [-0.2, -0.15) is 0 Å². The van der Waals surface area contributed by atoms with Crippen LogP contribution in [0.4, 0.5) is 0 Å². The van der Waals surface area contributed by atoms with Crippen LogP contribution in [0.25, 0.3) is 5.69 Å². The van der Waals surface area contributed by atoms with Crippen LogP contribution in [0.2, 0.25) is 0 Å². The number of aliphatic carboxylic acids is 1. The monoisotopic (exact) mass is 272 g/mol. The number of carboxylic acid groups (broad SMARTS) is 1. The van der Waals surface area contributed by atoms with Crippen molar-refractivity contribution < 1.29 is 9.90 Å². The molecule has 1 aliphatic rings. The highest BCUT2D eigenvalue weighted by molar-refractivity contribution is 5.70. The van der Waals surface area contributed by atoms with E-state index in [2.05, 4.69) is 15.2 Å². The zero-order valence-corrected chi connectivity index (χ0v) is 11.0.